The van der Waals surface area contributed by atoms with E-state index in [1.165, 1.54) is 161 Å². The first-order valence-corrected chi connectivity index (χ1v) is 32.4. The largest absolute Gasteiger partial charge is 0.454 e. The highest BCUT2D eigenvalue weighted by atomic mass is 16.7. The smallest absolute Gasteiger partial charge is 0.306 e. The Morgan fingerprint density at radius 1 is 0.506 bits per heavy atom. The molecule has 0 aromatic rings. The van der Waals surface area contributed by atoms with Gasteiger partial charge in [-0.15, -0.1) is 0 Å². The topological polar surface area (TPSA) is 175 Å². The number of esters is 1. The minimum atomic E-state index is -1.63. The van der Waals surface area contributed by atoms with Crippen molar-refractivity contribution in [2.45, 2.75) is 320 Å². The van der Waals surface area contributed by atoms with Gasteiger partial charge in [0.05, 0.1) is 25.4 Å². The zero-order chi connectivity index (χ0) is 57.5. The van der Waals surface area contributed by atoms with Crippen LogP contribution < -0.4 is 5.32 Å². The van der Waals surface area contributed by atoms with E-state index in [4.69, 9.17) is 14.2 Å². The molecule has 1 rings (SSSR count). The van der Waals surface area contributed by atoms with Crippen molar-refractivity contribution < 1.29 is 49.3 Å². The minimum absolute atomic E-state index is 0.0717. The number of ether oxygens (including phenoxy) is 3. The molecule has 0 radical (unpaired) electrons. The highest BCUT2D eigenvalue weighted by Crippen LogP contribution is 2.26. The molecule has 0 aliphatic carbocycles. The van der Waals surface area contributed by atoms with Crippen LogP contribution in [0.5, 0.6) is 0 Å². The molecule has 1 aliphatic rings. The summed E-state index contributed by atoms with van der Waals surface area (Å²) in [5, 5.41) is 57.0. The van der Waals surface area contributed by atoms with Crippen molar-refractivity contribution in [3.63, 3.8) is 0 Å². The standard InChI is InChI=1S/C68H119NO10/c1-4-7-10-13-16-19-22-24-26-27-28-29-30-31-32-33-34-36-37-40-43-46-49-52-55-61(72)67(76)69-59(60(71)54-51-48-45-42-39-21-18-15-12-9-6-3)58-77-68-66(65(75)64(74)62(57-70)78-68)79-63(73)56-53-50-47-44-41-38-35-25-23-20-17-14-11-8-5-2/h8,11,14,17,20,23-26,35,38,41,51,54,59-62,64-66,68,70-72,74-75H,4-7,9-10,12-13,15-16,18-19,21-22,27-34,36-37,39-40,42-50,52-53,55-58H2,1-3H3,(H,69,76)/b11-8+,17-14+,23-20-,26-24+,35-25-,41-38+,54-51+. The van der Waals surface area contributed by atoms with E-state index in [1.54, 1.807) is 6.08 Å². The molecule has 8 atom stereocenters. The number of carbonyl (C=O) groups is 2. The molecule has 1 heterocycles. The average molecular weight is 1110 g/mol. The predicted octanol–water partition coefficient (Wildman–Crippen LogP) is 15.7. The number of aliphatic hydroxyl groups is 5. The van der Waals surface area contributed by atoms with Gasteiger partial charge in [-0.05, 0) is 70.6 Å². The summed E-state index contributed by atoms with van der Waals surface area (Å²) < 4.78 is 17.6. The van der Waals surface area contributed by atoms with Crippen LogP contribution in [0.25, 0.3) is 0 Å². The van der Waals surface area contributed by atoms with Crippen molar-refractivity contribution in [3.8, 4) is 0 Å². The zero-order valence-corrected chi connectivity index (χ0v) is 50.5. The Hall–Kier alpha value is -3.16. The molecular weight excluding hydrogens is 991 g/mol. The lowest BCUT2D eigenvalue weighted by molar-refractivity contribution is -0.305. The molecule has 0 bridgehead atoms. The van der Waals surface area contributed by atoms with Crippen molar-refractivity contribution in [2.24, 2.45) is 0 Å². The van der Waals surface area contributed by atoms with Crippen LogP contribution in [0.1, 0.15) is 271 Å². The lowest BCUT2D eigenvalue weighted by atomic mass is 9.99. The number of unbranched alkanes of at least 4 members (excludes halogenated alkanes) is 32. The van der Waals surface area contributed by atoms with Crippen LogP contribution in [0.4, 0.5) is 0 Å². The number of carbonyl (C=O) groups excluding carboxylic acids is 2. The quantitative estimate of drug-likeness (QED) is 0.0149. The van der Waals surface area contributed by atoms with Crippen LogP contribution in [0.2, 0.25) is 0 Å². The van der Waals surface area contributed by atoms with Gasteiger partial charge in [-0.3, -0.25) is 9.59 Å². The molecule has 79 heavy (non-hydrogen) atoms. The molecule has 0 saturated carbocycles. The first-order valence-electron chi connectivity index (χ1n) is 32.4. The molecule has 0 spiro atoms. The highest BCUT2D eigenvalue weighted by molar-refractivity contribution is 5.80. The first kappa shape index (κ1) is 73.9. The third-order valence-electron chi connectivity index (χ3n) is 14.9. The Morgan fingerprint density at radius 3 is 1.41 bits per heavy atom. The van der Waals surface area contributed by atoms with E-state index in [0.29, 0.717) is 12.8 Å². The Morgan fingerprint density at radius 2 is 0.924 bits per heavy atom. The molecule has 0 aromatic heterocycles. The van der Waals surface area contributed by atoms with Gasteiger partial charge < -0.3 is 45.1 Å². The molecule has 1 saturated heterocycles. The van der Waals surface area contributed by atoms with E-state index in [1.807, 2.05) is 54.7 Å². The van der Waals surface area contributed by atoms with Crippen molar-refractivity contribution in [2.75, 3.05) is 13.2 Å². The Kier molecular flexibility index (Phi) is 51.8. The molecule has 1 amide bonds. The predicted molar refractivity (Wildman–Crippen MR) is 329 cm³/mol. The zero-order valence-electron chi connectivity index (χ0n) is 50.5. The van der Waals surface area contributed by atoms with E-state index in [9.17, 15) is 35.1 Å². The molecule has 11 nitrogen and oxygen atoms in total. The van der Waals surface area contributed by atoms with Gasteiger partial charge in [-0.25, -0.2) is 0 Å². The van der Waals surface area contributed by atoms with Crippen molar-refractivity contribution in [1.29, 1.82) is 0 Å². The number of amides is 1. The molecule has 1 aliphatic heterocycles. The Labute approximate surface area is 483 Å². The minimum Gasteiger partial charge on any atom is -0.454 e. The summed E-state index contributed by atoms with van der Waals surface area (Å²) in [7, 11) is 0. The maximum Gasteiger partial charge on any atom is 0.306 e. The van der Waals surface area contributed by atoms with Gasteiger partial charge in [0.2, 0.25) is 5.91 Å². The van der Waals surface area contributed by atoms with Gasteiger partial charge in [-0.2, -0.15) is 0 Å². The Bertz CT molecular complexity index is 1610. The van der Waals surface area contributed by atoms with Crippen LogP contribution in [-0.4, -0.2) is 99.6 Å². The van der Waals surface area contributed by atoms with Crippen molar-refractivity contribution >= 4 is 11.9 Å². The van der Waals surface area contributed by atoms with E-state index in [-0.39, 0.29) is 19.4 Å². The fourth-order valence-corrected chi connectivity index (χ4v) is 9.79. The lowest BCUT2D eigenvalue weighted by Gasteiger charge is -2.41. The number of nitrogens with one attached hydrogen (secondary N) is 1. The van der Waals surface area contributed by atoms with Gasteiger partial charge in [0.25, 0.3) is 0 Å². The maximum absolute atomic E-state index is 13.4. The van der Waals surface area contributed by atoms with Crippen molar-refractivity contribution in [3.05, 3.63) is 85.1 Å². The summed E-state index contributed by atoms with van der Waals surface area (Å²) in [4.78, 5) is 26.5. The van der Waals surface area contributed by atoms with E-state index in [0.717, 1.165) is 64.2 Å². The molecule has 11 heteroatoms. The summed E-state index contributed by atoms with van der Waals surface area (Å²) in [6.45, 7) is 5.62. The number of aliphatic hydroxyl groups excluding tert-OH is 5. The van der Waals surface area contributed by atoms with Crippen molar-refractivity contribution in [1.82, 2.24) is 5.32 Å². The second-order valence-corrected chi connectivity index (χ2v) is 22.2. The lowest BCUT2D eigenvalue weighted by Crippen LogP contribution is -2.61. The van der Waals surface area contributed by atoms with Gasteiger partial charge in [-0.1, -0.05) is 279 Å². The van der Waals surface area contributed by atoms with Gasteiger partial charge in [0, 0.05) is 6.42 Å². The number of rotatable bonds is 54. The average Bonchev–Trinajstić information content (AvgIpc) is 3.47. The van der Waals surface area contributed by atoms with Crippen LogP contribution >= 0.6 is 0 Å². The molecule has 1 fully saturated rings. The number of allylic oxidation sites excluding steroid dienone is 13. The van der Waals surface area contributed by atoms with E-state index >= 15 is 0 Å². The van der Waals surface area contributed by atoms with E-state index in [2.05, 4.69) is 50.4 Å². The van der Waals surface area contributed by atoms with E-state index < -0.39 is 67.4 Å². The van der Waals surface area contributed by atoms with Crippen LogP contribution in [0.15, 0.2) is 85.1 Å². The summed E-state index contributed by atoms with van der Waals surface area (Å²) in [6, 6.07) is -1.04. The fraction of sp³-hybridized carbons (Fsp3) is 0.765. The third kappa shape index (κ3) is 43.2. The summed E-state index contributed by atoms with van der Waals surface area (Å²) in [5.74, 6) is -1.24. The third-order valence-corrected chi connectivity index (χ3v) is 14.9. The molecule has 0 aromatic carbocycles. The second kappa shape index (κ2) is 55.4. The first-order chi connectivity index (χ1) is 38.7. The van der Waals surface area contributed by atoms with Gasteiger partial charge in [0.1, 0.15) is 24.4 Å². The normalized spacial score (nSPS) is 19.4. The second-order valence-electron chi connectivity index (χ2n) is 22.2. The van der Waals surface area contributed by atoms with Gasteiger partial charge in [0.15, 0.2) is 12.4 Å². The molecule has 456 valence electrons. The SMILES string of the molecule is CC/C=C/C=C/C=C\C=C/C=C/CCCCCC(=O)OC1C(OCC(NC(=O)C(O)CCCCCCCCCCCCCCCC/C=C/CCCCCCCC)C(O)/C=C/CCCCCCCCCCC)OC(CO)C(O)C1O. The van der Waals surface area contributed by atoms with Crippen LogP contribution in [-0.2, 0) is 23.8 Å². The number of hydrogen-bond donors (Lipinski definition) is 6. The van der Waals surface area contributed by atoms with Crippen LogP contribution in [0, 0.1) is 0 Å². The number of hydrogen-bond acceptors (Lipinski definition) is 10. The van der Waals surface area contributed by atoms with Gasteiger partial charge >= 0.3 is 5.97 Å². The summed E-state index contributed by atoms with van der Waals surface area (Å²) in [5.41, 5.74) is 0. The summed E-state index contributed by atoms with van der Waals surface area (Å²) >= 11 is 0. The monoisotopic (exact) mass is 1110 g/mol. The molecular formula is C68H119NO10. The van der Waals surface area contributed by atoms with Crippen LogP contribution in [0.3, 0.4) is 0 Å². The highest BCUT2D eigenvalue weighted by Gasteiger charge is 2.47. The Balaban J connectivity index is 2.61. The summed E-state index contributed by atoms with van der Waals surface area (Å²) in [6.07, 6.45) is 62.1. The molecule has 8 unspecified atom stereocenters. The molecule has 6 N–H and O–H groups in total. The fourth-order valence-electron chi connectivity index (χ4n) is 9.79. The maximum atomic E-state index is 13.4.